The van der Waals surface area contributed by atoms with Gasteiger partial charge in [0, 0.05) is 23.5 Å². The first kappa shape index (κ1) is 15.3. The summed E-state index contributed by atoms with van der Waals surface area (Å²) in [6, 6.07) is 11.4. The van der Waals surface area contributed by atoms with E-state index in [2.05, 4.69) is 20.6 Å². The van der Waals surface area contributed by atoms with Crippen molar-refractivity contribution >= 4 is 17.5 Å². The molecular weight excluding hydrogens is 320 g/mol. The fraction of sp³-hybridized carbons (Fsp3) is 0.222. The van der Waals surface area contributed by atoms with Crippen molar-refractivity contribution in [3.8, 4) is 11.5 Å². The minimum atomic E-state index is 0.528. The molecule has 0 saturated carbocycles. The number of nitrogens with one attached hydrogen (secondary N) is 2. The number of rotatable bonds is 5. The summed E-state index contributed by atoms with van der Waals surface area (Å²) in [4.78, 5) is 8.89. The lowest BCUT2D eigenvalue weighted by Crippen LogP contribution is -2.15. The van der Waals surface area contributed by atoms with Crippen LogP contribution in [0.1, 0.15) is 11.5 Å². The van der Waals surface area contributed by atoms with Crippen molar-refractivity contribution in [2.45, 2.75) is 13.5 Å². The predicted octanol–water partition coefficient (Wildman–Crippen LogP) is 3.50. The van der Waals surface area contributed by atoms with Crippen LogP contribution in [0.2, 0.25) is 0 Å². The second kappa shape index (κ2) is 6.72. The largest absolute Gasteiger partial charge is 0.486 e. The summed E-state index contributed by atoms with van der Waals surface area (Å²) >= 11 is 0. The average molecular weight is 338 g/mol. The lowest BCUT2D eigenvalue weighted by Gasteiger charge is -2.19. The highest BCUT2D eigenvalue weighted by atomic mass is 16.6. The van der Waals surface area contributed by atoms with Gasteiger partial charge >= 0.3 is 0 Å². The minimum Gasteiger partial charge on any atom is -0.486 e. The first-order valence-corrected chi connectivity index (χ1v) is 8.05. The van der Waals surface area contributed by atoms with Crippen LogP contribution in [0.5, 0.6) is 11.5 Å². The summed E-state index contributed by atoms with van der Waals surface area (Å²) in [5.74, 6) is 3.56. The Bertz CT molecular complexity index is 865. The van der Waals surface area contributed by atoms with E-state index in [0.717, 1.165) is 28.6 Å². The van der Waals surface area contributed by atoms with Gasteiger partial charge in [-0.05, 0) is 31.2 Å². The average Bonchev–Trinajstić information content (AvgIpc) is 3.13. The van der Waals surface area contributed by atoms with Gasteiger partial charge in [-0.25, -0.2) is 4.98 Å². The molecule has 0 atom stereocenters. The van der Waals surface area contributed by atoms with Crippen molar-refractivity contribution in [3.63, 3.8) is 0 Å². The number of fused-ring (bicyclic) bond motifs is 1. The number of hydrogen-bond donors (Lipinski definition) is 2. The molecule has 0 spiro atoms. The number of hydrogen-bond acceptors (Lipinski definition) is 7. The highest BCUT2D eigenvalue weighted by molar-refractivity contribution is 5.62. The first-order chi connectivity index (χ1) is 12.3. The molecule has 4 rings (SSSR count). The maximum atomic E-state index is 5.61. The van der Waals surface area contributed by atoms with E-state index in [1.807, 2.05) is 43.3 Å². The monoisotopic (exact) mass is 338 g/mol. The van der Waals surface area contributed by atoms with Gasteiger partial charge < -0.3 is 24.5 Å². The summed E-state index contributed by atoms with van der Waals surface area (Å²) in [6.45, 7) is 3.59. The van der Waals surface area contributed by atoms with Gasteiger partial charge in [-0.3, -0.25) is 0 Å². The van der Waals surface area contributed by atoms with Gasteiger partial charge in [-0.1, -0.05) is 0 Å². The Kier molecular flexibility index (Phi) is 4.12. The Morgan fingerprint density at radius 1 is 1.04 bits per heavy atom. The van der Waals surface area contributed by atoms with Gasteiger partial charge in [0.2, 0.25) is 5.95 Å². The minimum absolute atomic E-state index is 0.528. The number of aromatic nitrogens is 2. The lowest BCUT2D eigenvalue weighted by molar-refractivity contribution is 0.171. The molecule has 2 aromatic heterocycles. The van der Waals surface area contributed by atoms with Gasteiger partial charge in [-0.2, -0.15) is 4.98 Å². The quantitative estimate of drug-likeness (QED) is 0.737. The van der Waals surface area contributed by atoms with Crippen LogP contribution in [0.25, 0.3) is 0 Å². The highest BCUT2D eigenvalue weighted by Crippen LogP contribution is 2.33. The molecule has 3 heterocycles. The number of anilines is 3. The standard InChI is InChI=1S/C18H18N4O3/c1-12-9-17(22-18(20-12)19-11-14-3-2-6-23-14)21-13-4-5-15-16(10-13)25-8-7-24-15/h2-6,9-10H,7-8,11H2,1H3,(H2,19,20,21,22). The third-order valence-corrected chi connectivity index (χ3v) is 3.67. The normalized spacial score (nSPS) is 12.7. The Morgan fingerprint density at radius 3 is 2.76 bits per heavy atom. The smallest absolute Gasteiger partial charge is 0.225 e. The van der Waals surface area contributed by atoms with Crippen LogP contribution in [0.4, 0.5) is 17.5 Å². The van der Waals surface area contributed by atoms with E-state index in [0.29, 0.717) is 31.5 Å². The van der Waals surface area contributed by atoms with E-state index in [9.17, 15) is 0 Å². The molecule has 0 saturated heterocycles. The molecule has 0 fully saturated rings. The number of furan rings is 1. The molecule has 3 aromatic rings. The maximum absolute atomic E-state index is 5.61. The van der Waals surface area contributed by atoms with E-state index in [4.69, 9.17) is 13.9 Å². The Balaban J connectivity index is 1.50. The molecule has 1 aromatic carbocycles. The van der Waals surface area contributed by atoms with E-state index in [1.54, 1.807) is 6.26 Å². The lowest BCUT2D eigenvalue weighted by atomic mass is 10.2. The summed E-state index contributed by atoms with van der Waals surface area (Å²) in [5.41, 5.74) is 1.73. The van der Waals surface area contributed by atoms with Gasteiger partial charge in [0.15, 0.2) is 11.5 Å². The number of nitrogens with zero attached hydrogens (tertiary/aromatic N) is 2. The fourth-order valence-corrected chi connectivity index (χ4v) is 2.56. The van der Waals surface area contributed by atoms with Crippen molar-refractivity contribution in [1.29, 1.82) is 0 Å². The predicted molar refractivity (Wildman–Crippen MR) is 93.5 cm³/mol. The molecule has 7 heteroatoms. The van der Waals surface area contributed by atoms with Crippen LogP contribution in [0, 0.1) is 6.92 Å². The molecule has 2 N–H and O–H groups in total. The molecule has 1 aliphatic rings. The summed E-state index contributed by atoms with van der Waals surface area (Å²) < 4.78 is 16.5. The molecule has 25 heavy (non-hydrogen) atoms. The Morgan fingerprint density at radius 2 is 1.92 bits per heavy atom. The van der Waals surface area contributed by atoms with Crippen molar-refractivity contribution in [2.24, 2.45) is 0 Å². The Hall–Kier alpha value is -3.22. The van der Waals surface area contributed by atoms with Crippen LogP contribution in [0.15, 0.2) is 47.1 Å². The van der Waals surface area contributed by atoms with Gasteiger partial charge in [0.1, 0.15) is 24.8 Å². The number of aryl methyl sites for hydroxylation is 1. The molecule has 7 nitrogen and oxygen atoms in total. The molecule has 0 amide bonds. The zero-order chi connectivity index (χ0) is 17.1. The van der Waals surface area contributed by atoms with Crippen LogP contribution < -0.4 is 20.1 Å². The van der Waals surface area contributed by atoms with Gasteiger partial charge in [-0.15, -0.1) is 0 Å². The van der Waals surface area contributed by atoms with Crippen LogP contribution in [-0.2, 0) is 6.54 Å². The maximum Gasteiger partial charge on any atom is 0.225 e. The van der Waals surface area contributed by atoms with Crippen LogP contribution in [-0.4, -0.2) is 23.2 Å². The first-order valence-electron chi connectivity index (χ1n) is 8.05. The number of ether oxygens (including phenoxy) is 2. The SMILES string of the molecule is Cc1cc(Nc2ccc3c(c2)OCCO3)nc(NCc2ccco2)n1. The summed E-state index contributed by atoms with van der Waals surface area (Å²) in [7, 11) is 0. The third-order valence-electron chi connectivity index (χ3n) is 3.67. The van der Waals surface area contributed by atoms with Crippen LogP contribution >= 0.6 is 0 Å². The van der Waals surface area contributed by atoms with Crippen LogP contribution in [0.3, 0.4) is 0 Å². The molecule has 0 bridgehead atoms. The van der Waals surface area contributed by atoms with E-state index in [1.165, 1.54) is 0 Å². The molecule has 128 valence electrons. The Labute approximate surface area is 145 Å². The zero-order valence-corrected chi connectivity index (χ0v) is 13.8. The summed E-state index contributed by atoms with van der Waals surface area (Å²) in [6.07, 6.45) is 1.64. The second-order valence-corrected chi connectivity index (χ2v) is 5.63. The topological polar surface area (TPSA) is 81.4 Å². The van der Waals surface area contributed by atoms with Crippen molar-refractivity contribution in [2.75, 3.05) is 23.8 Å². The molecule has 0 aliphatic carbocycles. The molecule has 0 radical (unpaired) electrons. The molecular formula is C18H18N4O3. The third kappa shape index (κ3) is 3.65. The van der Waals surface area contributed by atoms with E-state index >= 15 is 0 Å². The molecule has 0 unspecified atom stereocenters. The fourth-order valence-electron chi connectivity index (χ4n) is 2.56. The van der Waals surface area contributed by atoms with Crippen molar-refractivity contribution < 1.29 is 13.9 Å². The highest BCUT2D eigenvalue weighted by Gasteiger charge is 2.12. The number of benzene rings is 1. The van der Waals surface area contributed by atoms with Gasteiger partial charge in [0.05, 0.1) is 12.8 Å². The van der Waals surface area contributed by atoms with E-state index in [-0.39, 0.29) is 0 Å². The van der Waals surface area contributed by atoms with E-state index < -0.39 is 0 Å². The van der Waals surface area contributed by atoms with Crippen molar-refractivity contribution in [3.05, 3.63) is 54.1 Å². The van der Waals surface area contributed by atoms with Crippen molar-refractivity contribution in [1.82, 2.24) is 9.97 Å². The summed E-state index contributed by atoms with van der Waals surface area (Å²) in [5, 5.41) is 6.44. The molecule has 1 aliphatic heterocycles. The second-order valence-electron chi connectivity index (χ2n) is 5.63. The van der Waals surface area contributed by atoms with Gasteiger partial charge in [0.25, 0.3) is 0 Å². The zero-order valence-electron chi connectivity index (χ0n) is 13.8.